The largest absolute Gasteiger partial charge is 0.493 e. The molecule has 0 aliphatic carbocycles. The number of benzene rings is 2. The molecule has 7 nitrogen and oxygen atoms in total. The Labute approximate surface area is 170 Å². The van der Waals surface area contributed by atoms with Gasteiger partial charge in [-0.1, -0.05) is 41.2 Å². The summed E-state index contributed by atoms with van der Waals surface area (Å²) < 4.78 is 18.3. The number of rotatable bonds is 5. The molecule has 4 rings (SSSR count). The zero-order chi connectivity index (χ0) is 20.5. The van der Waals surface area contributed by atoms with Gasteiger partial charge >= 0.3 is 0 Å². The van der Waals surface area contributed by atoms with Crippen LogP contribution in [0.2, 0.25) is 0 Å². The summed E-state index contributed by atoms with van der Waals surface area (Å²) >= 11 is 1.30. The molecule has 0 aliphatic rings. The van der Waals surface area contributed by atoms with Gasteiger partial charge in [0, 0.05) is 5.56 Å². The third-order valence-electron chi connectivity index (χ3n) is 4.51. The van der Waals surface area contributed by atoms with Crippen molar-refractivity contribution in [3.05, 3.63) is 62.4 Å². The Bertz CT molecular complexity index is 1280. The zero-order valence-electron chi connectivity index (χ0n) is 16.4. The molecular formula is C21H19N3O4S. The van der Waals surface area contributed by atoms with Gasteiger partial charge in [0.1, 0.15) is 0 Å². The van der Waals surface area contributed by atoms with Crippen molar-refractivity contribution in [2.24, 2.45) is 0 Å². The highest BCUT2D eigenvalue weighted by Crippen LogP contribution is 2.40. The predicted molar refractivity (Wildman–Crippen MR) is 112 cm³/mol. The topological polar surface area (TPSA) is 75.0 Å². The predicted octanol–water partition coefficient (Wildman–Crippen LogP) is 2.70. The Morgan fingerprint density at radius 3 is 2.34 bits per heavy atom. The number of hydrogen-bond acceptors (Lipinski definition) is 7. The first-order chi connectivity index (χ1) is 14.0. The summed E-state index contributed by atoms with van der Waals surface area (Å²) in [4.78, 5) is 13.6. The summed E-state index contributed by atoms with van der Waals surface area (Å²) in [6, 6.07) is 11.5. The van der Waals surface area contributed by atoms with Crippen molar-refractivity contribution in [2.45, 2.75) is 6.92 Å². The summed E-state index contributed by atoms with van der Waals surface area (Å²) in [7, 11) is 4.62. The normalized spacial score (nSPS) is 11.8. The van der Waals surface area contributed by atoms with Gasteiger partial charge in [0.2, 0.25) is 10.7 Å². The van der Waals surface area contributed by atoms with Crippen LogP contribution in [-0.2, 0) is 0 Å². The minimum atomic E-state index is -0.166. The van der Waals surface area contributed by atoms with Crippen molar-refractivity contribution in [3.63, 3.8) is 0 Å². The number of ether oxygens (including phenoxy) is 3. The van der Waals surface area contributed by atoms with E-state index in [4.69, 9.17) is 14.2 Å². The van der Waals surface area contributed by atoms with Gasteiger partial charge in [-0.25, -0.2) is 4.40 Å². The SMILES string of the molecule is COc1cc(-c2nnc3sc(=Cc4cccc(C)c4)c(=O)n23)cc(OC)c1OC. The molecule has 29 heavy (non-hydrogen) atoms. The lowest BCUT2D eigenvalue weighted by molar-refractivity contribution is 0.324. The number of nitrogens with zero attached hydrogens (tertiary/aromatic N) is 3. The summed E-state index contributed by atoms with van der Waals surface area (Å²) in [5, 5.41) is 8.40. The zero-order valence-corrected chi connectivity index (χ0v) is 17.2. The highest BCUT2D eigenvalue weighted by atomic mass is 32.1. The fourth-order valence-corrected chi connectivity index (χ4v) is 4.08. The number of hydrogen-bond donors (Lipinski definition) is 0. The molecule has 0 radical (unpaired) electrons. The second kappa shape index (κ2) is 7.56. The average Bonchev–Trinajstić information content (AvgIpc) is 3.27. The van der Waals surface area contributed by atoms with Gasteiger partial charge in [-0.15, -0.1) is 10.2 Å². The molecule has 0 unspecified atom stereocenters. The highest BCUT2D eigenvalue weighted by molar-refractivity contribution is 7.15. The van der Waals surface area contributed by atoms with Crippen molar-refractivity contribution in [2.75, 3.05) is 21.3 Å². The Kier molecular flexibility index (Phi) is 4.94. The van der Waals surface area contributed by atoms with Crippen molar-refractivity contribution in [1.29, 1.82) is 0 Å². The standard InChI is InChI=1S/C21H19N3O4S/c1-12-6-5-7-13(8-12)9-17-20(25)24-19(22-23-21(24)29-17)14-10-15(26-2)18(28-4)16(11-14)27-3/h5-11H,1-4H3. The Balaban J connectivity index is 1.91. The van der Waals surface area contributed by atoms with Gasteiger partial charge in [-0.05, 0) is 30.7 Å². The van der Waals surface area contributed by atoms with Crippen LogP contribution < -0.4 is 24.3 Å². The van der Waals surface area contributed by atoms with E-state index in [1.54, 1.807) is 26.4 Å². The van der Waals surface area contributed by atoms with Crippen LogP contribution in [0.5, 0.6) is 17.2 Å². The maximum Gasteiger partial charge on any atom is 0.276 e. The van der Waals surface area contributed by atoms with E-state index in [-0.39, 0.29) is 5.56 Å². The highest BCUT2D eigenvalue weighted by Gasteiger charge is 2.19. The molecule has 8 heteroatoms. The molecular weight excluding hydrogens is 390 g/mol. The van der Waals surface area contributed by atoms with E-state index in [1.807, 2.05) is 37.3 Å². The second-order valence-electron chi connectivity index (χ2n) is 6.39. The van der Waals surface area contributed by atoms with Gasteiger partial charge in [-0.3, -0.25) is 4.79 Å². The molecule has 2 heterocycles. The van der Waals surface area contributed by atoms with Gasteiger partial charge in [0.15, 0.2) is 17.3 Å². The molecule has 148 valence electrons. The van der Waals surface area contributed by atoms with E-state index in [0.29, 0.717) is 38.1 Å². The van der Waals surface area contributed by atoms with E-state index >= 15 is 0 Å². The summed E-state index contributed by atoms with van der Waals surface area (Å²) in [6.07, 6.45) is 1.87. The molecule has 0 amide bonds. The number of aryl methyl sites for hydroxylation is 1. The van der Waals surface area contributed by atoms with Crippen LogP contribution in [0, 0.1) is 6.92 Å². The molecule has 2 aromatic heterocycles. The quantitative estimate of drug-likeness (QED) is 0.505. The molecule has 4 aromatic rings. The monoisotopic (exact) mass is 409 g/mol. The molecule has 0 N–H and O–H groups in total. The fraction of sp³-hybridized carbons (Fsp3) is 0.190. The minimum Gasteiger partial charge on any atom is -0.493 e. The average molecular weight is 409 g/mol. The summed E-state index contributed by atoms with van der Waals surface area (Å²) in [5.74, 6) is 1.85. The number of thiazole rings is 1. The van der Waals surface area contributed by atoms with E-state index in [9.17, 15) is 4.79 Å². The molecule has 0 saturated heterocycles. The van der Waals surface area contributed by atoms with Gasteiger partial charge in [0.25, 0.3) is 5.56 Å². The Morgan fingerprint density at radius 1 is 1.00 bits per heavy atom. The van der Waals surface area contributed by atoms with Gasteiger partial charge in [0.05, 0.1) is 25.9 Å². The number of methoxy groups -OCH3 is 3. The van der Waals surface area contributed by atoms with Crippen LogP contribution in [0.15, 0.2) is 41.2 Å². The Morgan fingerprint density at radius 2 is 1.72 bits per heavy atom. The van der Waals surface area contributed by atoms with E-state index < -0.39 is 0 Å². The third kappa shape index (κ3) is 3.31. The lowest BCUT2D eigenvalue weighted by atomic mass is 10.1. The van der Waals surface area contributed by atoms with E-state index in [1.165, 1.54) is 22.8 Å². The number of aromatic nitrogens is 3. The lowest BCUT2D eigenvalue weighted by Gasteiger charge is -2.13. The maximum absolute atomic E-state index is 13.1. The van der Waals surface area contributed by atoms with Crippen LogP contribution in [0.25, 0.3) is 22.4 Å². The summed E-state index contributed by atoms with van der Waals surface area (Å²) in [6.45, 7) is 2.02. The first-order valence-electron chi connectivity index (χ1n) is 8.82. The first-order valence-corrected chi connectivity index (χ1v) is 9.64. The third-order valence-corrected chi connectivity index (χ3v) is 5.47. The van der Waals surface area contributed by atoms with Crippen LogP contribution in [0.1, 0.15) is 11.1 Å². The molecule has 0 saturated carbocycles. The molecule has 0 bridgehead atoms. The molecule has 0 aliphatic heterocycles. The van der Waals surface area contributed by atoms with Crippen LogP contribution in [0.3, 0.4) is 0 Å². The van der Waals surface area contributed by atoms with Crippen LogP contribution in [-0.4, -0.2) is 35.9 Å². The molecule has 2 aromatic carbocycles. The molecule has 0 atom stereocenters. The summed E-state index contributed by atoms with van der Waals surface area (Å²) in [5.41, 5.74) is 2.57. The van der Waals surface area contributed by atoms with Crippen molar-refractivity contribution in [3.8, 4) is 28.6 Å². The minimum absolute atomic E-state index is 0.166. The van der Waals surface area contributed by atoms with E-state index in [0.717, 1.165) is 11.1 Å². The smallest absolute Gasteiger partial charge is 0.276 e. The van der Waals surface area contributed by atoms with Gasteiger partial charge < -0.3 is 14.2 Å². The van der Waals surface area contributed by atoms with Crippen LogP contribution >= 0.6 is 11.3 Å². The van der Waals surface area contributed by atoms with Crippen LogP contribution in [0.4, 0.5) is 0 Å². The lowest BCUT2D eigenvalue weighted by Crippen LogP contribution is -2.23. The fourth-order valence-electron chi connectivity index (χ4n) is 3.17. The van der Waals surface area contributed by atoms with Crippen molar-refractivity contribution in [1.82, 2.24) is 14.6 Å². The van der Waals surface area contributed by atoms with Crippen molar-refractivity contribution < 1.29 is 14.2 Å². The molecule has 0 fully saturated rings. The first kappa shape index (κ1) is 18.9. The Hall–Kier alpha value is -3.39. The van der Waals surface area contributed by atoms with Crippen molar-refractivity contribution >= 4 is 22.4 Å². The van der Waals surface area contributed by atoms with Gasteiger partial charge in [-0.2, -0.15) is 0 Å². The number of fused-ring (bicyclic) bond motifs is 1. The second-order valence-corrected chi connectivity index (χ2v) is 7.39. The maximum atomic E-state index is 13.1. The molecule has 0 spiro atoms. The van der Waals surface area contributed by atoms with E-state index in [2.05, 4.69) is 10.2 Å².